The topological polar surface area (TPSA) is 87.3 Å². The van der Waals surface area contributed by atoms with Gasteiger partial charge in [0.1, 0.15) is 5.54 Å². The summed E-state index contributed by atoms with van der Waals surface area (Å²) in [4.78, 5) is 36.2. The summed E-state index contributed by atoms with van der Waals surface area (Å²) in [6.45, 7) is 0.654. The summed E-state index contributed by atoms with van der Waals surface area (Å²) >= 11 is 3.54. The number of halogens is 1. The van der Waals surface area contributed by atoms with Gasteiger partial charge in [0.25, 0.3) is 5.91 Å². The summed E-state index contributed by atoms with van der Waals surface area (Å²) in [5, 5.41) is 8.22. The largest absolute Gasteiger partial charge is 0.355 e. The van der Waals surface area contributed by atoms with Crippen LogP contribution in [-0.4, -0.2) is 29.9 Å². The first kappa shape index (κ1) is 18.5. The summed E-state index contributed by atoms with van der Waals surface area (Å²) in [6.07, 6.45) is 5.61. The summed E-state index contributed by atoms with van der Waals surface area (Å²) in [7, 11) is 0. The minimum absolute atomic E-state index is 0.0364. The Morgan fingerprint density at radius 1 is 1.19 bits per heavy atom. The lowest BCUT2D eigenvalue weighted by molar-refractivity contribution is -0.130. The summed E-state index contributed by atoms with van der Waals surface area (Å²) in [6, 6.07) is 7.93. The second-order valence-corrected chi connectivity index (χ2v) is 9.04. The van der Waals surface area contributed by atoms with Gasteiger partial charge < -0.3 is 10.6 Å². The first-order valence-corrected chi connectivity index (χ1v) is 10.4. The van der Waals surface area contributed by atoms with Crippen LogP contribution >= 0.6 is 15.9 Å². The molecule has 3 N–H and O–H groups in total. The van der Waals surface area contributed by atoms with Gasteiger partial charge in [0, 0.05) is 22.4 Å². The zero-order valence-corrected chi connectivity index (χ0v) is 16.7. The van der Waals surface area contributed by atoms with Crippen molar-refractivity contribution in [3.8, 4) is 0 Å². The molecule has 1 heterocycles. The Morgan fingerprint density at radius 2 is 1.93 bits per heavy atom. The molecule has 1 aromatic carbocycles. The Balaban J connectivity index is 1.35. The zero-order valence-electron chi connectivity index (χ0n) is 15.1. The Kier molecular flexibility index (Phi) is 4.74. The van der Waals surface area contributed by atoms with Crippen molar-refractivity contribution >= 4 is 33.8 Å². The van der Waals surface area contributed by atoms with E-state index in [1.807, 2.05) is 12.1 Å². The first-order chi connectivity index (χ1) is 12.9. The van der Waals surface area contributed by atoms with E-state index < -0.39 is 11.6 Å². The monoisotopic (exact) mass is 433 g/mol. The van der Waals surface area contributed by atoms with E-state index in [0.29, 0.717) is 32.2 Å². The van der Waals surface area contributed by atoms with Crippen LogP contribution in [0.25, 0.3) is 0 Å². The van der Waals surface area contributed by atoms with Crippen LogP contribution in [0, 0.1) is 5.92 Å². The molecule has 1 aliphatic heterocycles. The third-order valence-corrected chi connectivity index (χ3v) is 7.07. The lowest BCUT2D eigenvalue weighted by Crippen LogP contribution is -2.52. The third kappa shape index (κ3) is 3.37. The maximum atomic E-state index is 12.7. The van der Waals surface area contributed by atoms with Gasteiger partial charge >= 0.3 is 6.03 Å². The second-order valence-electron chi connectivity index (χ2n) is 8.13. The predicted octanol–water partition coefficient (Wildman–Crippen LogP) is 2.76. The van der Waals surface area contributed by atoms with E-state index in [0.717, 1.165) is 17.3 Å². The molecule has 0 atom stereocenters. The number of imide groups is 1. The number of amides is 4. The number of benzene rings is 1. The van der Waals surface area contributed by atoms with Crippen molar-refractivity contribution in [2.24, 2.45) is 5.92 Å². The van der Waals surface area contributed by atoms with Crippen LogP contribution < -0.4 is 16.0 Å². The molecule has 4 rings (SSSR count). The molecule has 0 aromatic heterocycles. The molecular formula is C20H24BrN3O3. The molecule has 3 aliphatic rings. The number of rotatable bonds is 4. The Hall–Kier alpha value is -1.89. The predicted molar refractivity (Wildman–Crippen MR) is 104 cm³/mol. The number of hydrogen-bond acceptors (Lipinski definition) is 3. The fourth-order valence-corrected chi connectivity index (χ4v) is 5.04. The maximum absolute atomic E-state index is 12.7. The van der Waals surface area contributed by atoms with E-state index in [-0.39, 0.29) is 23.1 Å². The van der Waals surface area contributed by atoms with Gasteiger partial charge in [0.05, 0.1) is 0 Å². The van der Waals surface area contributed by atoms with Gasteiger partial charge in [-0.15, -0.1) is 0 Å². The van der Waals surface area contributed by atoms with Gasteiger partial charge in [-0.25, -0.2) is 4.79 Å². The molecule has 27 heavy (non-hydrogen) atoms. The minimum atomic E-state index is -0.806. The minimum Gasteiger partial charge on any atom is -0.355 e. The van der Waals surface area contributed by atoms with E-state index in [1.54, 1.807) is 0 Å². The highest BCUT2D eigenvalue weighted by molar-refractivity contribution is 9.10. The van der Waals surface area contributed by atoms with Crippen LogP contribution in [0.1, 0.15) is 50.5 Å². The van der Waals surface area contributed by atoms with E-state index in [2.05, 4.69) is 44.0 Å². The normalized spacial score (nSPS) is 29.0. The molecule has 0 unspecified atom stereocenters. The van der Waals surface area contributed by atoms with Crippen LogP contribution in [0.4, 0.5) is 4.79 Å². The van der Waals surface area contributed by atoms with Gasteiger partial charge in [0.15, 0.2) is 0 Å². The fraction of sp³-hybridized carbons (Fsp3) is 0.550. The van der Waals surface area contributed by atoms with Crippen LogP contribution in [0.3, 0.4) is 0 Å². The average molecular weight is 434 g/mol. The molecule has 1 saturated heterocycles. The number of hydrogen-bond donors (Lipinski definition) is 3. The molecule has 1 spiro atoms. The summed E-state index contributed by atoms with van der Waals surface area (Å²) in [5.74, 6) is -0.286. The lowest BCUT2D eigenvalue weighted by Gasteiger charge is -2.43. The van der Waals surface area contributed by atoms with Crippen LogP contribution in [0.2, 0.25) is 0 Å². The highest BCUT2D eigenvalue weighted by Crippen LogP contribution is 2.44. The van der Waals surface area contributed by atoms with Gasteiger partial charge in [-0.3, -0.25) is 14.9 Å². The standard InChI is InChI=1S/C20H24BrN3O3/c21-15-4-1-3-14(11-15)19(7-2-8-19)12-22-16(25)13-5-9-20(10-6-13)17(26)23-18(27)24-20/h1,3-4,11,13H,2,5-10,12H2,(H,22,25)(H2,23,24,26,27). The second kappa shape index (κ2) is 6.93. The van der Waals surface area contributed by atoms with Crippen LogP contribution in [0.5, 0.6) is 0 Å². The van der Waals surface area contributed by atoms with Crippen molar-refractivity contribution < 1.29 is 14.4 Å². The van der Waals surface area contributed by atoms with Crippen molar-refractivity contribution in [2.45, 2.75) is 55.9 Å². The molecule has 6 nitrogen and oxygen atoms in total. The molecule has 0 bridgehead atoms. The molecule has 0 radical (unpaired) electrons. The molecule has 1 aromatic rings. The first-order valence-electron chi connectivity index (χ1n) is 9.60. The highest BCUT2D eigenvalue weighted by Gasteiger charge is 2.49. The molecule has 2 aliphatic carbocycles. The maximum Gasteiger partial charge on any atom is 0.322 e. The molecule has 7 heteroatoms. The SMILES string of the molecule is O=C1NC(=O)C2(CCC(C(=O)NCC3(c4cccc(Br)c4)CCC3)CC2)N1. The van der Waals surface area contributed by atoms with Crippen molar-refractivity contribution in [3.63, 3.8) is 0 Å². The van der Waals surface area contributed by atoms with E-state index in [4.69, 9.17) is 0 Å². The van der Waals surface area contributed by atoms with E-state index in [9.17, 15) is 14.4 Å². The summed E-state index contributed by atoms with van der Waals surface area (Å²) < 4.78 is 1.06. The van der Waals surface area contributed by atoms with Gasteiger partial charge in [-0.1, -0.05) is 34.5 Å². The number of carbonyl (C=O) groups is 3. The third-order valence-electron chi connectivity index (χ3n) is 6.57. The fourth-order valence-electron chi connectivity index (χ4n) is 4.64. The van der Waals surface area contributed by atoms with Crippen molar-refractivity contribution in [3.05, 3.63) is 34.3 Å². The van der Waals surface area contributed by atoms with Crippen LogP contribution in [-0.2, 0) is 15.0 Å². The Labute approximate surface area is 167 Å². The van der Waals surface area contributed by atoms with Crippen molar-refractivity contribution in [2.75, 3.05) is 6.54 Å². The highest BCUT2D eigenvalue weighted by atomic mass is 79.9. The lowest BCUT2D eigenvalue weighted by atomic mass is 9.64. The van der Waals surface area contributed by atoms with Gasteiger partial charge in [-0.2, -0.15) is 0 Å². The van der Waals surface area contributed by atoms with Gasteiger partial charge in [0.2, 0.25) is 5.91 Å². The van der Waals surface area contributed by atoms with Gasteiger partial charge in [-0.05, 0) is 56.2 Å². The molecular weight excluding hydrogens is 410 g/mol. The number of carbonyl (C=O) groups excluding carboxylic acids is 3. The molecule has 4 amide bonds. The number of urea groups is 1. The quantitative estimate of drug-likeness (QED) is 0.637. The van der Waals surface area contributed by atoms with Crippen LogP contribution in [0.15, 0.2) is 28.7 Å². The average Bonchev–Trinajstić information content (AvgIpc) is 2.87. The van der Waals surface area contributed by atoms with Crippen molar-refractivity contribution in [1.29, 1.82) is 0 Å². The Morgan fingerprint density at radius 3 is 2.48 bits per heavy atom. The molecule has 2 saturated carbocycles. The smallest absolute Gasteiger partial charge is 0.322 e. The molecule has 144 valence electrons. The Bertz CT molecular complexity index is 782. The van der Waals surface area contributed by atoms with E-state index in [1.165, 1.54) is 12.0 Å². The van der Waals surface area contributed by atoms with E-state index >= 15 is 0 Å². The zero-order chi connectivity index (χ0) is 19.1. The van der Waals surface area contributed by atoms with Crippen molar-refractivity contribution in [1.82, 2.24) is 16.0 Å². The molecule has 3 fully saturated rings. The summed E-state index contributed by atoms with van der Waals surface area (Å²) in [5.41, 5.74) is 0.505. The number of nitrogens with one attached hydrogen (secondary N) is 3.